The zero-order valence-corrected chi connectivity index (χ0v) is 14.5. The first-order valence-electron chi connectivity index (χ1n) is 7.75. The molecule has 0 amide bonds. The van der Waals surface area contributed by atoms with Crippen LogP contribution in [0, 0.1) is 0 Å². The van der Waals surface area contributed by atoms with Crippen LogP contribution in [0.4, 0.5) is 32.2 Å². The second-order valence-electron chi connectivity index (χ2n) is 5.50. The molecule has 1 aliphatic heterocycles. The highest BCUT2D eigenvalue weighted by Gasteiger charge is 2.31. The predicted molar refractivity (Wildman–Crippen MR) is 88.6 cm³/mol. The Kier molecular flexibility index (Phi) is 6.88. The van der Waals surface area contributed by atoms with E-state index in [1.54, 1.807) is 0 Å². The van der Waals surface area contributed by atoms with Crippen molar-refractivity contribution in [2.45, 2.75) is 12.4 Å². The van der Waals surface area contributed by atoms with Crippen LogP contribution < -0.4 is 10.2 Å². The average Bonchev–Trinajstić information content (AvgIpc) is 2.62. The summed E-state index contributed by atoms with van der Waals surface area (Å²) < 4.78 is 73.1. The average molecular weight is 413 g/mol. The lowest BCUT2D eigenvalue weighted by atomic mass is 10.2. The van der Waals surface area contributed by atoms with Gasteiger partial charge in [0, 0.05) is 38.6 Å². The normalized spacial score (nSPS) is 15.1. The van der Waals surface area contributed by atoms with E-state index in [1.165, 1.54) is 6.20 Å². The summed E-state index contributed by atoms with van der Waals surface area (Å²) in [5.41, 5.74) is -1.42. The molecule has 3 rings (SSSR count). The zero-order chi connectivity index (χ0) is 20.1. The Bertz CT molecular complexity index is 744. The van der Waals surface area contributed by atoms with Crippen molar-refractivity contribution in [2.24, 2.45) is 0 Å². The van der Waals surface area contributed by atoms with Crippen molar-refractivity contribution >= 4 is 17.4 Å². The van der Waals surface area contributed by atoms with Crippen molar-refractivity contribution in [3.05, 3.63) is 52.9 Å². The van der Waals surface area contributed by atoms with E-state index >= 15 is 0 Å². The number of aromatic nitrogens is 2. The van der Waals surface area contributed by atoms with Gasteiger partial charge in [-0.1, -0.05) is 11.6 Å². The van der Waals surface area contributed by atoms with Gasteiger partial charge in [0.15, 0.2) is 0 Å². The van der Waals surface area contributed by atoms with E-state index < -0.39 is 23.5 Å². The Morgan fingerprint density at radius 2 is 1.37 bits per heavy atom. The van der Waals surface area contributed by atoms with E-state index in [9.17, 15) is 26.3 Å². The smallest absolute Gasteiger partial charge is 0.354 e. The molecule has 148 valence electrons. The number of halogens is 7. The highest BCUT2D eigenvalue weighted by Crippen LogP contribution is 2.31. The lowest BCUT2D eigenvalue weighted by Gasteiger charge is -2.28. The van der Waals surface area contributed by atoms with Crippen LogP contribution in [-0.2, 0) is 12.4 Å². The van der Waals surface area contributed by atoms with E-state index in [1.807, 2.05) is 4.90 Å². The molecular weight excluding hydrogens is 398 g/mol. The number of alkyl halides is 6. The molecule has 27 heavy (non-hydrogen) atoms. The molecule has 1 N–H and O–H groups in total. The minimum absolute atomic E-state index is 0.153. The Balaban J connectivity index is 0.000000208. The number of nitrogens with one attached hydrogen (secondary N) is 1. The van der Waals surface area contributed by atoms with Crippen molar-refractivity contribution in [2.75, 3.05) is 31.1 Å². The maximum Gasteiger partial charge on any atom is 0.416 e. The molecule has 0 saturated carbocycles. The van der Waals surface area contributed by atoms with Crippen LogP contribution in [0.2, 0.25) is 5.15 Å². The molecule has 0 unspecified atom stereocenters. The third-order valence-corrected chi connectivity index (χ3v) is 3.77. The Labute approximate surface area is 156 Å². The molecule has 1 saturated heterocycles. The highest BCUT2D eigenvalue weighted by atomic mass is 35.5. The minimum Gasteiger partial charge on any atom is -0.354 e. The van der Waals surface area contributed by atoms with Gasteiger partial charge in [-0.2, -0.15) is 26.3 Å². The van der Waals surface area contributed by atoms with Crippen LogP contribution in [0.1, 0.15) is 11.1 Å². The largest absolute Gasteiger partial charge is 0.416 e. The maximum atomic E-state index is 12.5. The molecule has 3 heterocycles. The number of rotatable bonds is 1. The van der Waals surface area contributed by atoms with E-state index in [0.29, 0.717) is 18.9 Å². The molecule has 0 atom stereocenters. The first-order valence-corrected chi connectivity index (χ1v) is 8.13. The van der Waals surface area contributed by atoms with Crippen LogP contribution >= 0.6 is 11.6 Å². The summed E-state index contributed by atoms with van der Waals surface area (Å²) in [4.78, 5) is 9.25. The number of nitrogens with zero attached hydrogens (tertiary/aromatic N) is 3. The first-order chi connectivity index (χ1) is 12.6. The molecular formula is C16H15ClF6N4. The first kappa shape index (κ1) is 21.2. The van der Waals surface area contributed by atoms with Crippen LogP contribution in [-0.4, -0.2) is 36.1 Å². The van der Waals surface area contributed by atoms with Crippen LogP contribution in [0.25, 0.3) is 0 Å². The summed E-state index contributed by atoms with van der Waals surface area (Å²) in [6.07, 6.45) is -6.41. The number of piperazine rings is 1. The summed E-state index contributed by atoms with van der Waals surface area (Å²) in [5, 5.41) is 2.98. The fraction of sp³-hybridized carbons (Fsp3) is 0.375. The molecule has 0 bridgehead atoms. The van der Waals surface area contributed by atoms with Gasteiger partial charge in [-0.15, -0.1) is 0 Å². The van der Waals surface area contributed by atoms with Crippen molar-refractivity contribution in [1.29, 1.82) is 0 Å². The Morgan fingerprint density at radius 3 is 1.85 bits per heavy atom. The summed E-state index contributed by atoms with van der Waals surface area (Å²) in [6.45, 7) is 2.93. The molecule has 1 aliphatic rings. The fourth-order valence-corrected chi connectivity index (χ4v) is 2.41. The van der Waals surface area contributed by atoms with Gasteiger partial charge in [0.05, 0.1) is 11.1 Å². The molecule has 1 fully saturated rings. The Hall–Kier alpha value is -2.07. The van der Waals surface area contributed by atoms with Gasteiger partial charge in [-0.25, -0.2) is 9.97 Å². The molecule has 11 heteroatoms. The van der Waals surface area contributed by atoms with Crippen molar-refractivity contribution in [1.82, 2.24) is 15.3 Å². The number of hydrogen-bond acceptors (Lipinski definition) is 4. The lowest BCUT2D eigenvalue weighted by Crippen LogP contribution is -2.43. The van der Waals surface area contributed by atoms with Gasteiger partial charge >= 0.3 is 12.4 Å². The molecule has 0 spiro atoms. The second kappa shape index (κ2) is 8.75. The molecule has 0 aliphatic carbocycles. The minimum atomic E-state index is -4.34. The summed E-state index contributed by atoms with van der Waals surface area (Å²) >= 11 is 5.24. The lowest BCUT2D eigenvalue weighted by molar-refractivity contribution is -0.138. The molecule has 0 radical (unpaired) electrons. The second-order valence-corrected chi connectivity index (χ2v) is 5.89. The molecule has 2 aromatic rings. The Morgan fingerprint density at radius 1 is 0.852 bits per heavy atom. The number of hydrogen-bond donors (Lipinski definition) is 1. The van der Waals surface area contributed by atoms with E-state index in [2.05, 4.69) is 15.3 Å². The molecule has 4 nitrogen and oxygen atoms in total. The van der Waals surface area contributed by atoms with E-state index in [4.69, 9.17) is 11.6 Å². The maximum absolute atomic E-state index is 12.5. The van der Waals surface area contributed by atoms with E-state index in [0.717, 1.165) is 43.6 Å². The third kappa shape index (κ3) is 6.55. The summed E-state index contributed by atoms with van der Waals surface area (Å²) in [5.74, 6) is 0.399. The quantitative estimate of drug-likeness (QED) is 0.561. The number of pyridine rings is 2. The van der Waals surface area contributed by atoms with Gasteiger partial charge in [-0.05, 0) is 24.3 Å². The summed E-state index contributed by atoms with van der Waals surface area (Å²) in [7, 11) is 0. The van der Waals surface area contributed by atoms with Gasteiger partial charge < -0.3 is 10.2 Å². The van der Waals surface area contributed by atoms with Crippen LogP contribution in [0.3, 0.4) is 0 Å². The number of anilines is 1. The van der Waals surface area contributed by atoms with E-state index in [-0.39, 0.29) is 5.15 Å². The zero-order valence-electron chi connectivity index (χ0n) is 13.8. The standard InChI is InChI=1S/C10H12F3N3.C6H3ClF3N/c11-10(12,13)8-1-2-15-9(7-8)16-5-3-14-4-6-16;7-5-3-4(1-2-11-5)6(8,9)10/h1-2,7,14H,3-6H2;1-3H. The van der Waals surface area contributed by atoms with Crippen molar-refractivity contribution in [3.63, 3.8) is 0 Å². The van der Waals surface area contributed by atoms with Crippen molar-refractivity contribution < 1.29 is 26.3 Å². The van der Waals surface area contributed by atoms with Crippen LogP contribution in [0.15, 0.2) is 36.7 Å². The van der Waals surface area contributed by atoms with Gasteiger partial charge in [-0.3, -0.25) is 0 Å². The van der Waals surface area contributed by atoms with Gasteiger partial charge in [0.2, 0.25) is 0 Å². The molecule has 0 aromatic carbocycles. The predicted octanol–water partition coefficient (Wildman–Crippen LogP) is 4.26. The van der Waals surface area contributed by atoms with Crippen molar-refractivity contribution in [3.8, 4) is 0 Å². The molecule has 2 aromatic heterocycles. The fourth-order valence-electron chi connectivity index (χ4n) is 2.24. The monoisotopic (exact) mass is 412 g/mol. The third-order valence-electron chi connectivity index (χ3n) is 3.57. The summed E-state index contributed by atoms with van der Waals surface area (Å²) in [6, 6.07) is 3.74. The SMILES string of the molecule is FC(F)(F)c1ccnc(Cl)c1.FC(F)(F)c1ccnc(N2CCNCC2)c1. The van der Waals surface area contributed by atoms with Gasteiger partial charge in [0.25, 0.3) is 0 Å². The highest BCUT2D eigenvalue weighted by molar-refractivity contribution is 6.29. The van der Waals surface area contributed by atoms with Crippen LogP contribution in [0.5, 0.6) is 0 Å². The van der Waals surface area contributed by atoms with Gasteiger partial charge in [0.1, 0.15) is 11.0 Å². The topological polar surface area (TPSA) is 41.1 Å².